The number of aromatic nitrogens is 1. The molecule has 5 nitrogen and oxygen atoms in total. The lowest BCUT2D eigenvalue weighted by Gasteiger charge is -2.23. The van der Waals surface area contributed by atoms with Crippen LogP contribution in [0.4, 0.5) is 4.39 Å². The lowest BCUT2D eigenvalue weighted by molar-refractivity contribution is -0.133. The number of sulfone groups is 1. The summed E-state index contributed by atoms with van der Waals surface area (Å²) in [5.41, 5.74) is 2.74. The third-order valence-electron chi connectivity index (χ3n) is 6.48. The third-order valence-corrected chi connectivity index (χ3v) is 8.17. The summed E-state index contributed by atoms with van der Waals surface area (Å²) in [5, 5.41) is 0.509. The van der Waals surface area contributed by atoms with E-state index in [4.69, 9.17) is 0 Å². The van der Waals surface area contributed by atoms with Crippen LogP contribution in [0.3, 0.4) is 0 Å². The maximum atomic E-state index is 14.3. The predicted octanol–water partition coefficient (Wildman–Crippen LogP) is 5.98. The summed E-state index contributed by atoms with van der Waals surface area (Å²) in [6.07, 6.45) is 1.50. The molecule has 0 aliphatic heterocycles. The van der Waals surface area contributed by atoms with Crippen molar-refractivity contribution in [1.29, 1.82) is 0 Å². The molecule has 0 saturated carbocycles. The van der Waals surface area contributed by atoms with Crippen molar-refractivity contribution in [3.63, 3.8) is 0 Å². The Hall–Kier alpha value is -4.23. The van der Waals surface area contributed by atoms with E-state index in [0.29, 0.717) is 24.0 Å². The van der Waals surface area contributed by atoms with Gasteiger partial charge in [-0.2, -0.15) is 0 Å². The molecule has 38 heavy (non-hydrogen) atoms. The van der Waals surface area contributed by atoms with Crippen molar-refractivity contribution in [1.82, 2.24) is 9.47 Å². The maximum absolute atomic E-state index is 14.3. The highest BCUT2D eigenvalue weighted by atomic mass is 32.2. The van der Waals surface area contributed by atoms with Crippen LogP contribution < -0.4 is 0 Å². The second kappa shape index (κ2) is 11.0. The number of hydrogen-bond acceptors (Lipinski definition) is 3. The van der Waals surface area contributed by atoms with Crippen molar-refractivity contribution < 1.29 is 17.6 Å². The van der Waals surface area contributed by atoms with Crippen LogP contribution in [-0.2, 0) is 40.0 Å². The van der Waals surface area contributed by atoms with Crippen molar-refractivity contribution in [3.8, 4) is 0 Å². The van der Waals surface area contributed by atoms with Gasteiger partial charge in [0.25, 0.3) is 0 Å². The molecular formula is C31H27FN2O3S. The van der Waals surface area contributed by atoms with Gasteiger partial charge in [-0.25, -0.2) is 12.8 Å². The molecule has 0 aliphatic rings. The molecule has 0 radical (unpaired) electrons. The van der Waals surface area contributed by atoms with Gasteiger partial charge in [0.05, 0.1) is 10.6 Å². The van der Waals surface area contributed by atoms with E-state index in [1.807, 2.05) is 66.7 Å². The number of carbonyl (C=O) groups is 1. The first-order valence-corrected chi connectivity index (χ1v) is 14.0. The Morgan fingerprint density at radius 1 is 0.737 bits per heavy atom. The molecule has 0 aliphatic carbocycles. The van der Waals surface area contributed by atoms with Crippen molar-refractivity contribution in [2.45, 2.75) is 30.3 Å². The van der Waals surface area contributed by atoms with Crippen LogP contribution in [0.15, 0.2) is 120 Å². The second-order valence-corrected chi connectivity index (χ2v) is 11.2. The Morgan fingerprint density at radius 2 is 1.29 bits per heavy atom. The lowest BCUT2D eigenvalue weighted by atomic mass is 10.1. The quantitative estimate of drug-likeness (QED) is 0.237. The van der Waals surface area contributed by atoms with E-state index in [1.54, 1.807) is 33.7 Å². The number of amides is 1. The van der Waals surface area contributed by atoms with Crippen LogP contribution in [0.1, 0.15) is 16.7 Å². The highest BCUT2D eigenvalue weighted by Gasteiger charge is 2.24. The van der Waals surface area contributed by atoms with E-state index in [9.17, 15) is 17.6 Å². The van der Waals surface area contributed by atoms with E-state index >= 15 is 0 Å². The molecule has 1 heterocycles. The van der Waals surface area contributed by atoms with Gasteiger partial charge in [-0.1, -0.05) is 97.1 Å². The van der Waals surface area contributed by atoms with Gasteiger partial charge in [0, 0.05) is 35.8 Å². The molecule has 0 atom stereocenters. The molecule has 0 saturated heterocycles. The van der Waals surface area contributed by atoms with Crippen LogP contribution >= 0.6 is 0 Å². The minimum absolute atomic E-state index is 0.0323. The Labute approximate surface area is 221 Å². The van der Waals surface area contributed by atoms with Crippen LogP contribution in [0, 0.1) is 5.82 Å². The van der Waals surface area contributed by atoms with E-state index < -0.39 is 21.4 Å². The first kappa shape index (κ1) is 25.4. The van der Waals surface area contributed by atoms with E-state index in [2.05, 4.69) is 0 Å². The summed E-state index contributed by atoms with van der Waals surface area (Å²) >= 11 is 0. The number of hydrogen-bond donors (Lipinski definition) is 0. The summed E-state index contributed by atoms with van der Waals surface area (Å²) in [4.78, 5) is 15.5. The fourth-order valence-corrected chi connectivity index (χ4v) is 6.17. The molecule has 0 spiro atoms. The van der Waals surface area contributed by atoms with E-state index in [1.165, 1.54) is 24.4 Å². The second-order valence-electron chi connectivity index (χ2n) is 9.21. The Morgan fingerprint density at radius 3 is 1.92 bits per heavy atom. The van der Waals surface area contributed by atoms with Crippen molar-refractivity contribution >= 4 is 26.6 Å². The van der Waals surface area contributed by atoms with Gasteiger partial charge in [-0.15, -0.1) is 0 Å². The minimum atomic E-state index is -3.88. The number of rotatable bonds is 9. The molecule has 192 valence electrons. The van der Waals surface area contributed by atoms with Gasteiger partial charge in [0.15, 0.2) is 9.84 Å². The van der Waals surface area contributed by atoms with Crippen LogP contribution in [-0.4, -0.2) is 23.8 Å². The van der Waals surface area contributed by atoms with Crippen molar-refractivity contribution in [2.75, 3.05) is 0 Å². The highest BCUT2D eigenvalue weighted by molar-refractivity contribution is 7.90. The minimum Gasteiger partial charge on any atom is -0.337 e. The highest BCUT2D eigenvalue weighted by Crippen LogP contribution is 2.29. The zero-order chi connectivity index (χ0) is 26.5. The lowest BCUT2D eigenvalue weighted by Crippen LogP contribution is -2.32. The summed E-state index contributed by atoms with van der Waals surface area (Å²) in [6.45, 7) is 0.813. The van der Waals surface area contributed by atoms with Crippen molar-refractivity contribution in [2.24, 2.45) is 0 Å². The van der Waals surface area contributed by atoms with Crippen molar-refractivity contribution in [3.05, 3.63) is 138 Å². The molecular weight excluding hydrogens is 499 g/mol. The Bertz CT molecular complexity index is 1620. The smallest absolute Gasteiger partial charge is 0.243 e. The monoisotopic (exact) mass is 526 g/mol. The number of benzene rings is 4. The summed E-state index contributed by atoms with van der Waals surface area (Å²) < 4.78 is 42.7. The van der Waals surface area contributed by atoms with Gasteiger partial charge >= 0.3 is 0 Å². The van der Waals surface area contributed by atoms with Gasteiger partial charge in [0.2, 0.25) is 5.91 Å². The zero-order valence-electron chi connectivity index (χ0n) is 20.7. The zero-order valence-corrected chi connectivity index (χ0v) is 21.5. The Kier molecular flexibility index (Phi) is 7.38. The topological polar surface area (TPSA) is 59.4 Å². The fourth-order valence-electron chi connectivity index (χ4n) is 4.58. The standard InChI is InChI=1S/C31H27FN2O3S/c32-28-17-9-7-15-26(28)23-38(36,37)30-21-33(29-18-10-8-16-27(29)30)22-31(35)34(19-24-11-3-1-4-12-24)20-25-13-5-2-6-14-25/h1-18,21H,19-20,22-23H2. The van der Waals surface area contributed by atoms with Gasteiger partial charge < -0.3 is 9.47 Å². The van der Waals surface area contributed by atoms with Gasteiger partial charge in [-0.3, -0.25) is 4.79 Å². The van der Waals surface area contributed by atoms with Crippen LogP contribution in [0.5, 0.6) is 0 Å². The molecule has 7 heteroatoms. The number of carbonyl (C=O) groups excluding carboxylic acids is 1. The first-order valence-electron chi connectivity index (χ1n) is 12.3. The number of para-hydroxylation sites is 1. The van der Waals surface area contributed by atoms with E-state index in [0.717, 1.165) is 11.1 Å². The van der Waals surface area contributed by atoms with Gasteiger partial charge in [0.1, 0.15) is 12.4 Å². The normalized spacial score (nSPS) is 11.5. The molecule has 5 rings (SSSR count). The molecule has 0 unspecified atom stereocenters. The average molecular weight is 527 g/mol. The fraction of sp³-hybridized carbons (Fsp3) is 0.129. The van der Waals surface area contributed by atoms with Crippen LogP contribution in [0.25, 0.3) is 10.9 Å². The average Bonchev–Trinajstić information content (AvgIpc) is 3.30. The Balaban J connectivity index is 1.47. The molecule has 0 bridgehead atoms. The van der Waals surface area contributed by atoms with Crippen LogP contribution in [0.2, 0.25) is 0 Å². The molecule has 5 aromatic rings. The summed E-state index contributed by atoms with van der Waals surface area (Å²) in [6, 6.07) is 32.5. The largest absolute Gasteiger partial charge is 0.337 e. The molecule has 0 N–H and O–H groups in total. The summed E-state index contributed by atoms with van der Waals surface area (Å²) in [5.74, 6) is -1.17. The first-order chi connectivity index (χ1) is 18.4. The SMILES string of the molecule is O=C(Cn1cc(S(=O)(=O)Cc2ccccc2F)c2ccccc21)N(Cc1ccccc1)Cc1ccccc1. The molecule has 0 fully saturated rings. The van der Waals surface area contributed by atoms with Gasteiger partial charge in [-0.05, 0) is 23.3 Å². The van der Waals surface area contributed by atoms with E-state index in [-0.39, 0.29) is 22.9 Å². The number of nitrogens with zero attached hydrogens (tertiary/aromatic N) is 2. The summed E-state index contributed by atoms with van der Waals surface area (Å²) in [7, 11) is -3.88. The third kappa shape index (κ3) is 5.68. The number of fused-ring (bicyclic) bond motifs is 1. The molecule has 1 aromatic heterocycles. The number of halogens is 1. The molecule has 4 aromatic carbocycles. The predicted molar refractivity (Wildman–Crippen MR) is 146 cm³/mol. The molecule has 1 amide bonds. The maximum Gasteiger partial charge on any atom is 0.243 e.